The van der Waals surface area contributed by atoms with E-state index in [1.165, 1.54) is 32.4 Å². The second kappa shape index (κ2) is 5.31. The lowest BCUT2D eigenvalue weighted by Gasteiger charge is -2.46. The molecule has 0 aromatic heterocycles. The van der Waals surface area contributed by atoms with Crippen molar-refractivity contribution in [1.29, 1.82) is 0 Å². The van der Waals surface area contributed by atoms with Crippen LogP contribution in [0.1, 0.15) is 47.0 Å². The highest BCUT2D eigenvalue weighted by Crippen LogP contribution is 2.30. The Morgan fingerprint density at radius 2 is 1.80 bits per heavy atom. The molecule has 0 spiro atoms. The van der Waals surface area contributed by atoms with E-state index in [1.54, 1.807) is 0 Å². The lowest BCUT2D eigenvalue weighted by molar-refractivity contribution is 0.0679. The van der Waals surface area contributed by atoms with Gasteiger partial charge in [-0.25, -0.2) is 0 Å². The first-order valence-electron chi connectivity index (χ1n) is 6.48. The van der Waals surface area contributed by atoms with Gasteiger partial charge in [0.1, 0.15) is 0 Å². The third kappa shape index (κ3) is 2.54. The third-order valence-electron chi connectivity index (χ3n) is 4.19. The molecule has 0 amide bonds. The first-order chi connectivity index (χ1) is 7.06. The zero-order chi connectivity index (χ0) is 11.5. The number of hydrogen-bond acceptors (Lipinski definition) is 2. The Morgan fingerprint density at radius 1 is 1.27 bits per heavy atom. The number of likely N-dealkylation sites (N-methyl/N-ethyl adjacent to an activating group) is 1. The largest absolute Gasteiger partial charge is 0.315 e. The summed E-state index contributed by atoms with van der Waals surface area (Å²) in [7, 11) is 2.11. The molecule has 2 heteroatoms. The molecule has 0 bridgehead atoms. The van der Waals surface area contributed by atoms with Crippen molar-refractivity contribution in [1.82, 2.24) is 10.2 Å². The van der Waals surface area contributed by atoms with Crippen LogP contribution in [0.3, 0.4) is 0 Å². The van der Waals surface area contributed by atoms with Crippen LogP contribution in [0.15, 0.2) is 0 Å². The van der Waals surface area contributed by atoms with Crippen molar-refractivity contribution < 1.29 is 0 Å². The van der Waals surface area contributed by atoms with Crippen molar-refractivity contribution in [3.8, 4) is 0 Å². The summed E-state index contributed by atoms with van der Waals surface area (Å²) in [5.41, 5.74) is 0.333. The van der Waals surface area contributed by atoms with Gasteiger partial charge in [0.2, 0.25) is 0 Å². The monoisotopic (exact) mass is 212 g/mol. The zero-order valence-electron chi connectivity index (χ0n) is 11.1. The molecule has 0 aliphatic carbocycles. The van der Waals surface area contributed by atoms with E-state index >= 15 is 0 Å². The lowest BCUT2D eigenvalue weighted by atomic mass is 9.81. The average Bonchev–Trinajstić information content (AvgIpc) is 2.71. The highest BCUT2D eigenvalue weighted by atomic mass is 15.2. The van der Waals surface area contributed by atoms with Gasteiger partial charge in [-0.2, -0.15) is 0 Å². The Labute approximate surface area is 95.4 Å². The molecule has 1 fully saturated rings. The minimum Gasteiger partial charge on any atom is -0.315 e. The van der Waals surface area contributed by atoms with Gasteiger partial charge in [-0.3, -0.25) is 4.90 Å². The molecule has 0 radical (unpaired) electrons. The normalized spacial score (nSPS) is 24.4. The fraction of sp³-hybridized carbons (Fsp3) is 1.00. The minimum atomic E-state index is 0.333. The summed E-state index contributed by atoms with van der Waals surface area (Å²) in [4.78, 5) is 2.69. The molecular formula is C13H28N2. The fourth-order valence-corrected chi connectivity index (χ4v) is 3.23. The molecule has 1 saturated heterocycles. The van der Waals surface area contributed by atoms with Gasteiger partial charge in [0, 0.05) is 11.6 Å². The summed E-state index contributed by atoms with van der Waals surface area (Å²) in [5, 5.41) is 3.53. The van der Waals surface area contributed by atoms with Gasteiger partial charge in [-0.15, -0.1) is 0 Å². The highest BCUT2D eigenvalue weighted by molar-refractivity contribution is 4.98. The second-order valence-corrected chi connectivity index (χ2v) is 5.42. The predicted octanol–water partition coefficient (Wildman–Crippen LogP) is 2.49. The van der Waals surface area contributed by atoms with Crippen LogP contribution in [-0.2, 0) is 0 Å². The van der Waals surface area contributed by atoms with Crippen LogP contribution < -0.4 is 5.32 Å². The van der Waals surface area contributed by atoms with Gasteiger partial charge in [0.15, 0.2) is 0 Å². The Bertz CT molecular complexity index is 185. The van der Waals surface area contributed by atoms with Crippen molar-refractivity contribution in [2.24, 2.45) is 5.92 Å². The van der Waals surface area contributed by atoms with Gasteiger partial charge < -0.3 is 5.32 Å². The maximum Gasteiger partial charge on any atom is 0.0334 e. The number of nitrogens with one attached hydrogen (secondary N) is 1. The summed E-state index contributed by atoms with van der Waals surface area (Å²) in [6.45, 7) is 12.0. The quantitative estimate of drug-likeness (QED) is 0.753. The zero-order valence-corrected chi connectivity index (χ0v) is 11.1. The molecule has 0 aromatic rings. The van der Waals surface area contributed by atoms with Crippen LogP contribution in [0.5, 0.6) is 0 Å². The van der Waals surface area contributed by atoms with E-state index in [9.17, 15) is 0 Å². The molecule has 1 aliphatic heterocycles. The number of rotatable bonds is 5. The van der Waals surface area contributed by atoms with Gasteiger partial charge in [-0.1, -0.05) is 20.8 Å². The van der Waals surface area contributed by atoms with Gasteiger partial charge >= 0.3 is 0 Å². The number of likely N-dealkylation sites (tertiary alicyclic amines) is 1. The Hall–Kier alpha value is -0.0800. The Morgan fingerprint density at radius 3 is 2.13 bits per heavy atom. The van der Waals surface area contributed by atoms with Crippen LogP contribution in [0, 0.1) is 5.92 Å². The van der Waals surface area contributed by atoms with Crippen LogP contribution in [0.2, 0.25) is 0 Å². The van der Waals surface area contributed by atoms with Crippen molar-refractivity contribution >= 4 is 0 Å². The van der Waals surface area contributed by atoms with Crippen LogP contribution in [-0.4, -0.2) is 36.6 Å². The molecule has 2 atom stereocenters. The second-order valence-electron chi connectivity index (χ2n) is 5.42. The van der Waals surface area contributed by atoms with Gasteiger partial charge in [-0.05, 0) is 52.2 Å². The highest BCUT2D eigenvalue weighted by Gasteiger charge is 2.39. The van der Waals surface area contributed by atoms with E-state index in [1.807, 2.05) is 0 Å². The Kier molecular flexibility index (Phi) is 4.60. The van der Waals surface area contributed by atoms with Crippen molar-refractivity contribution in [3.63, 3.8) is 0 Å². The molecule has 2 unspecified atom stereocenters. The molecule has 90 valence electrons. The SMILES string of the molecule is CCC(C)(C(NC)C(C)C)N1CCCC1. The van der Waals surface area contributed by atoms with Crippen molar-refractivity contribution in [2.45, 2.75) is 58.5 Å². The first kappa shape index (κ1) is 13.0. The van der Waals surface area contributed by atoms with E-state index in [2.05, 4.69) is 45.0 Å². The summed E-state index contributed by atoms with van der Waals surface area (Å²) in [6, 6.07) is 0.598. The molecule has 1 rings (SSSR count). The molecule has 0 aromatic carbocycles. The predicted molar refractivity (Wildman–Crippen MR) is 67.2 cm³/mol. The first-order valence-corrected chi connectivity index (χ1v) is 6.48. The van der Waals surface area contributed by atoms with Crippen molar-refractivity contribution in [2.75, 3.05) is 20.1 Å². The van der Waals surface area contributed by atoms with Gasteiger partial charge in [0.05, 0.1) is 0 Å². The van der Waals surface area contributed by atoms with Gasteiger partial charge in [0.25, 0.3) is 0 Å². The Balaban J connectivity index is 2.80. The average molecular weight is 212 g/mol. The lowest BCUT2D eigenvalue weighted by Crippen LogP contribution is -2.59. The van der Waals surface area contributed by atoms with Crippen LogP contribution in [0.4, 0.5) is 0 Å². The van der Waals surface area contributed by atoms with Crippen LogP contribution in [0.25, 0.3) is 0 Å². The molecule has 0 saturated carbocycles. The number of hydrogen-bond donors (Lipinski definition) is 1. The molecular weight excluding hydrogens is 184 g/mol. The molecule has 1 heterocycles. The molecule has 1 aliphatic rings. The maximum absolute atomic E-state index is 3.53. The minimum absolute atomic E-state index is 0.333. The summed E-state index contributed by atoms with van der Waals surface area (Å²) < 4.78 is 0. The summed E-state index contributed by atoms with van der Waals surface area (Å²) in [6.07, 6.45) is 3.99. The third-order valence-corrected chi connectivity index (χ3v) is 4.19. The molecule has 15 heavy (non-hydrogen) atoms. The fourth-order valence-electron chi connectivity index (χ4n) is 3.23. The van der Waals surface area contributed by atoms with E-state index in [4.69, 9.17) is 0 Å². The molecule has 1 N–H and O–H groups in total. The summed E-state index contributed by atoms with van der Waals surface area (Å²) >= 11 is 0. The molecule has 2 nitrogen and oxygen atoms in total. The summed E-state index contributed by atoms with van der Waals surface area (Å²) in [5.74, 6) is 0.695. The van der Waals surface area contributed by atoms with E-state index in [-0.39, 0.29) is 0 Å². The van der Waals surface area contributed by atoms with Crippen LogP contribution >= 0.6 is 0 Å². The van der Waals surface area contributed by atoms with E-state index in [0.717, 1.165) is 0 Å². The standard InChI is InChI=1S/C13H28N2/c1-6-13(4,12(14-5)11(2)3)15-9-7-8-10-15/h11-12,14H,6-10H2,1-5H3. The number of nitrogens with zero attached hydrogens (tertiary/aromatic N) is 1. The topological polar surface area (TPSA) is 15.3 Å². The van der Waals surface area contributed by atoms with E-state index in [0.29, 0.717) is 17.5 Å². The maximum atomic E-state index is 3.53. The van der Waals surface area contributed by atoms with E-state index < -0.39 is 0 Å². The van der Waals surface area contributed by atoms with Crippen molar-refractivity contribution in [3.05, 3.63) is 0 Å². The smallest absolute Gasteiger partial charge is 0.0334 e.